The molecule has 10 heteroatoms. The van der Waals surface area contributed by atoms with Gasteiger partial charge in [0.25, 0.3) is 11.1 Å². The standard InChI is InChI=1S/2C26H12N4O.4C7H8/c1-28-17-8-12-21-22(13-17)30-25(29-21)19-9-7-16(14-27)23-18(15-5-3-2-4-6-15)10-11-20(24(19)23)26(30)31;27-13-15-6-11-22-21(12-15)29-25-19-8-7-17(14-28)23-18(16-4-2-1-3-5-16)9-10-20(24(19)23)26(31)30(22)25;4*1-7-5-3-2-4-6-7/h2-13H;1-12H;4*2-6H,1H3. The third kappa shape index (κ3) is 12.1. The molecule has 0 radical (unpaired) electrons. The number of aromatic nitrogens is 4. The van der Waals surface area contributed by atoms with Gasteiger partial charge in [-0.15, -0.1) is 0 Å². The van der Waals surface area contributed by atoms with Crippen LogP contribution in [0.1, 0.15) is 38.9 Å². The van der Waals surface area contributed by atoms with Gasteiger partial charge in [0.15, 0.2) is 5.69 Å². The van der Waals surface area contributed by atoms with Gasteiger partial charge < -0.3 is 0 Å². The predicted octanol–water partition coefficient (Wildman–Crippen LogP) is 18.7. The molecule has 4 heterocycles. The Balaban J connectivity index is 0.000000130. The minimum Gasteiger partial charge on any atom is -0.268 e. The highest BCUT2D eigenvalue weighted by atomic mass is 16.1. The first-order valence-corrected chi connectivity index (χ1v) is 29.1. The topological polar surface area (TPSA) is 144 Å². The molecule has 4 aromatic heterocycles. The first-order chi connectivity index (χ1) is 44.0. The van der Waals surface area contributed by atoms with Crippen LogP contribution < -0.4 is 11.1 Å². The molecular weight excluding hydrogens is 1100 g/mol. The predicted molar refractivity (Wildman–Crippen MR) is 366 cm³/mol. The average Bonchev–Trinajstić information content (AvgIpc) is 1.39. The summed E-state index contributed by atoms with van der Waals surface area (Å²) in [6.07, 6.45) is 0. The summed E-state index contributed by atoms with van der Waals surface area (Å²) in [4.78, 5) is 40.0. The minimum absolute atomic E-state index is 0.186. The molecular formula is C80H56N8O2. The molecule has 12 aromatic carbocycles. The summed E-state index contributed by atoms with van der Waals surface area (Å²) < 4.78 is 3.18. The van der Waals surface area contributed by atoms with Crippen molar-refractivity contribution in [1.82, 2.24) is 18.8 Å². The van der Waals surface area contributed by atoms with Crippen LogP contribution >= 0.6 is 0 Å². The zero-order valence-corrected chi connectivity index (χ0v) is 49.8. The Morgan fingerprint density at radius 3 is 1.11 bits per heavy atom. The van der Waals surface area contributed by atoms with E-state index in [0.717, 1.165) is 54.6 Å². The summed E-state index contributed by atoms with van der Waals surface area (Å²) in [7, 11) is 0. The molecule has 90 heavy (non-hydrogen) atoms. The maximum Gasteiger partial charge on any atom is 0.264 e. The van der Waals surface area contributed by atoms with Gasteiger partial charge in [-0.1, -0.05) is 222 Å². The molecule has 0 atom stereocenters. The van der Waals surface area contributed by atoms with E-state index in [4.69, 9.17) is 16.5 Å². The Morgan fingerprint density at radius 1 is 0.367 bits per heavy atom. The molecule has 0 aliphatic heterocycles. The molecule has 10 nitrogen and oxygen atoms in total. The van der Waals surface area contributed by atoms with E-state index in [9.17, 15) is 25.4 Å². The zero-order chi connectivity index (χ0) is 62.7. The lowest BCUT2D eigenvalue weighted by atomic mass is 9.91. The van der Waals surface area contributed by atoms with Gasteiger partial charge in [0.1, 0.15) is 11.3 Å². The van der Waals surface area contributed by atoms with Crippen molar-refractivity contribution in [2.45, 2.75) is 27.7 Å². The second-order valence-corrected chi connectivity index (χ2v) is 21.5. The van der Waals surface area contributed by atoms with Crippen LogP contribution in [0.3, 0.4) is 0 Å². The quantitative estimate of drug-likeness (QED) is 0.157. The van der Waals surface area contributed by atoms with Crippen LogP contribution in [0.5, 0.6) is 0 Å². The molecule has 0 fully saturated rings. The average molecular weight is 1160 g/mol. The SMILES string of the molecule is Cc1ccccc1.Cc1ccccc1.Cc1ccccc1.Cc1ccccc1.N#Cc1ccc2c(c1)nc1c3ccc(C#N)c4c(-c5ccccc5)ccc(c(=O)n21)c43.[C-]#[N+]c1ccc2nc3c4ccc(C#N)c5c(-c6ccccc6)ccc(c(=O)n3c2c1)c54. The van der Waals surface area contributed by atoms with Gasteiger partial charge >= 0.3 is 0 Å². The van der Waals surface area contributed by atoms with Crippen LogP contribution in [-0.2, 0) is 0 Å². The minimum atomic E-state index is -0.202. The Kier molecular flexibility index (Phi) is 17.6. The van der Waals surface area contributed by atoms with Crippen molar-refractivity contribution in [3.8, 4) is 40.5 Å². The van der Waals surface area contributed by atoms with E-state index < -0.39 is 0 Å². The van der Waals surface area contributed by atoms with Gasteiger partial charge in [0, 0.05) is 43.1 Å². The molecule has 0 saturated carbocycles. The fraction of sp³-hybridized carbons (Fsp3) is 0.0500. The first-order valence-electron chi connectivity index (χ1n) is 29.1. The molecule has 428 valence electrons. The van der Waals surface area contributed by atoms with Gasteiger partial charge in [-0.05, 0) is 117 Å². The lowest BCUT2D eigenvalue weighted by Gasteiger charge is -2.13. The fourth-order valence-electron chi connectivity index (χ4n) is 11.1. The van der Waals surface area contributed by atoms with E-state index in [-0.39, 0.29) is 11.1 Å². The molecule has 0 spiro atoms. The highest BCUT2D eigenvalue weighted by Crippen LogP contribution is 2.40. The molecule has 0 saturated heterocycles. The van der Waals surface area contributed by atoms with Crippen LogP contribution in [0.25, 0.3) is 104 Å². The van der Waals surface area contributed by atoms with Crippen molar-refractivity contribution in [3.63, 3.8) is 0 Å². The third-order valence-electron chi connectivity index (χ3n) is 15.4. The molecule has 0 unspecified atom stereocenters. The van der Waals surface area contributed by atoms with Gasteiger partial charge in [0.2, 0.25) is 0 Å². The maximum absolute atomic E-state index is 13.6. The van der Waals surface area contributed by atoms with E-state index in [0.29, 0.717) is 66.5 Å². The number of benzene rings is 12. The van der Waals surface area contributed by atoms with E-state index in [1.807, 2.05) is 170 Å². The van der Waals surface area contributed by atoms with Crippen LogP contribution in [0.2, 0.25) is 0 Å². The van der Waals surface area contributed by atoms with E-state index >= 15 is 0 Å². The molecule has 16 rings (SSSR count). The number of hydrogen-bond donors (Lipinski definition) is 0. The van der Waals surface area contributed by atoms with E-state index in [1.54, 1.807) is 57.3 Å². The number of nitrogens with zero attached hydrogens (tertiary/aromatic N) is 8. The Labute approximate surface area is 520 Å². The maximum atomic E-state index is 13.6. The van der Waals surface area contributed by atoms with E-state index in [1.165, 1.54) is 22.3 Å². The largest absolute Gasteiger partial charge is 0.268 e. The Morgan fingerprint density at radius 2 is 0.744 bits per heavy atom. The smallest absolute Gasteiger partial charge is 0.264 e. The number of aryl methyl sites for hydroxylation is 4. The van der Waals surface area contributed by atoms with Crippen molar-refractivity contribution in [2.24, 2.45) is 0 Å². The van der Waals surface area contributed by atoms with Crippen LogP contribution in [0.15, 0.2) is 277 Å². The number of rotatable bonds is 2. The highest BCUT2D eigenvalue weighted by molar-refractivity contribution is 6.22. The van der Waals surface area contributed by atoms with Crippen LogP contribution in [0.4, 0.5) is 5.69 Å². The van der Waals surface area contributed by atoms with Crippen molar-refractivity contribution >= 4 is 82.1 Å². The summed E-state index contributed by atoms with van der Waals surface area (Å²) in [5.41, 5.74) is 14.3. The normalized spacial score (nSPS) is 10.5. The first kappa shape index (κ1) is 59.1. The number of nitriles is 3. The van der Waals surface area contributed by atoms with Crippen LogP contribution in [0, 0.1) is 68.3 Å². The number of fused-ring (bicyclic) bond motifs is 8. The van der Waals surface area contributed by atoms with Crippen LogP contribution in [-0.4, -0.2) is 18.8 Å². The lowest BCUT2D eigenvalue weighted by molar-refractivity contribution is 1.19. The summed E-state index contributed by atoms with van der Waals surface area (Å²) >= 11 is 0. The van der Waals surface area contributed by atoms with Crippen molar-refractivity contribution < 1.29 is 0 Å². The van der Waals surface area contributed by atoms with Gasteiger partial charge in [0.05, 0.1) is 63.5 Å². The van der Waals surface area contributed by atoms with Crippen molar-refractivity contribution in [1.29, 1.82) is 15.8 Å². The second kappa shape index (κ2) is 26.8. The van der Waals surface area contributed by atoms with Gasteiger partial charge in [-0.25, -0.2) is 14.8 Å². The zero-order valence-electron chi connectivity index (χ0n) is 49.8. The monoisotopic (exact) mass is 1160 g/mol. The summed E-state index contributed by atoms with van der Waals surface area (Å²) in [6.45, 7) is 15.6. The summed E-state index contributed by atoms with van der Waals surface area (Å²) in [5.74, 6) is 0. The molecule has 16 aromatic rings. The number of hydrogen-bond acceptors (Lipinski definition) is 7. The third-order valence-corrected chi connectivity index (χ3v) is 15.4. The molecule has 0 bridgehead atoms. The van der Waals surface area contributed by atoms with Gasteiger partial charge in [-0.3, -0.25) is 18.4 Å². The highest BCUT2D eigenvalue weighted by Gasteiger charge is 2.22. The fourth-order valence-corrected chi connectivity index (χ4v) is 11.1. The lowest BCUT2D eigenvalue weighted by Crippen LogP contribution is -2.13. The molecule has 0 aliphatic rings. The van der Waals surface area contributed by atoms with Crippen molar-refractivity contribution in [3.05, 3.63) is 338 Å². The Hall–Kier alpha value is -12.6. The molecule has 0 N–H and O–H groups in total. The van der Waals surface area contributed by atoms with Crippen molar-refractivity contribution in [2.75, 3.05) is 0 Å². The van der Waals surface area contributed by atoms with E-state index in [2.05, 4.69) is 99.3 Å². The Bertz CT molecular complexity index is 5280. The molecule has 0 aliphatic carbocycles. The second-order valence-electron chi connectivity index (χ2n) is 21.5. The number of pyridine rings is 2. The molecule has 0 amide bonds. The summed E-state index contributed by atoms with van der Waals surface area (Å²) in [6, 6.07) is 92.5. The summed E-state index contributed by atoms with van der Waals surface area (Å²) in [5, 5.41) is 34.6. The van der Waals surface area contributed by atoms with Gasteiger partial charge in [-0.2, -0.15) is 15.8 Å². The number of imidazole rings is 2.